The molecule has 9 heteroatoms. The number of benzene rings is 1. The summed E-state index contributed by atoms with van der Waals surface area (Å²) in [6.07, 6.45) is 2.38. The van der Waals surface area contributed by atoms with Crippen LogP contribution in [0.2, 0.25) is 0 Å². The molecule has 3 aromatic rings. The van der Waals surface area contributed by atoms with Gasteiger partial charge in [0.05, 0.1) is 11.4 Å². The van der Waals surface area contributed by atoms with Gasteiger partial charge in [0.25, 0.3) is 5.91 Å². The molecule has 1 aliphatic carbocycles. The number of H-pyrrole nitrogens is 1. The molecular weight excluding hydrogens is 390 g/mol. The molecule has 154 valence electrons. The number of hydrogen-bond donors (Lipinski definition) is 1. The second kappa shape index (κ2) is 7.47. The molecule has 1 saturated heterocycles. The summed E-state index contributed by atoms with van der Waals surface area (Å²) in [6, 6.07) is 8.80. The van der Waals surface area contributed by atoms with Crippen molar-refractivity contribution in [3.8, 4) is 11.3 Å². The van der Waals surface area contributed by atoms with Gasteiger partial charge in [-0.1, -0.05) is 0 Å². The Hall–Kier alpha value is -3.36. The number of carbonyl (C=O) groups is 1. The van der Waals surface area contributed by atoms with Crippen LogP contribution in [0, 0.1) is 11.6 Å². The first-order valence-electron chi connectivity index (χ1n) is 9.97. The van der Waals surface area contributed by atoms with E-state index in [0.717, 1.165) is 23.6 Å². The summed E-state index contributed by atoms with van der Waals surface area (Å²) in [5.74, 6) is -0.187. The van der Waals surface area contributed by atoms with E-state index in [0.29, 0.717) is 32.1 Å². The molecule has 1 aromatic carbocycles. The fraction of sp³-hybridized carbons (Fsp3) is 0.333. The molecule has 0 atom stereocenters. The number of piperazine rings is 1. The van der Waals surface area contributed by atoms with E-state index in [2.05, 4.69) is 25.3 Å². The lowest BCUT2D eigenvalue weighted by atomic mass is 10.1. The Morgan fingerprint density at radius 3 is 2.47 bits per heavy atom. The van der Waals surface area contributed by atoms with Crippen LogP contribution < -0.4 is 4.90 Å². The molecule has 0 spiro atoms. The number of amides is 1. The van der Waals surface area contributed by atoms with Gasteiger partial charge in [-0.3, -0.25) is 9.89 Å². The van der Waals surface area contributed by atoms with E-state index in [1.165, 1.54) is 25.0 Å². The van der Waals surface area contributed by atoms with E-state index in [1.807, 2.05) is 12.1 Å². The van der Waals surface area contributed by atoms with Crippen LogP contribution in [0.5, 0.6) is 0 Å². The van der Waals surface area contributed by atoms with Gasteiger partial charge in [-0.2, -0.15) is 10.2 Å². The Balaban J connectivity index is 1.23. The molecule has 0 unspecified atom stereocenters. The Kier molecular flexibility index (Phi) is 4.65. The molecule has 30 heavy (non-hydrogen) atoms. The third kappa shape index (κ3) is 3.62. The molecule has 2 aliphatic rings. The van der Waals surface area contributed by atoms with Crippen LogP contribution in [0.25, 0.3) is 11.3 Å². The molecule has 7 nitrogen and oxygen atoms in total. The minimum absolute atomic E-state index is 0.143. The van der Waals surface area contributed by atoms with E-state index >= 15 is 0 Å². The van der Waals surface area contributed by atoms with Crippen molar-refractivity contribution in [3.05, 3.63) is 59.4 Å². The van der Waals surface area contributed by atoms with Crippen LogP contribution in [-0.2, 0) is 0 Å². The van der Waals surface area contributed by atoms with Crippen molar-refractivity contribution in [2.75, 3.05) is 31.1 Å². The van der Waals surface area contributed by atoms with Crippen LogP contribution in [0.15, 0.2) is 36.4 Å². The van der Waals surface area contributed by atoms with E-state index in [4.69, 9.17) is 0 Å². The molecule has 2 aromatic heterocycles. The number of anilines is 1. The summed E-state index contributed by atoms with van der Waals surface area (Å²) in [5.41, 5.74) is 1.74. The predicted molar refractivity (Wildman–Crippen MR) is 106 cm³/mol. The number of carbonyl (C=O) groups excluding carboxylic acids is 1. The number of aromatic amines is 1. The topological polar surface area (TPSA) is 78.0 Å². The Labute approximate surface area is 171 Å². The van der Waals surface area contributed by atoms with Gasteiger partial charge >= 0.3 is 0 Å². The SMILES string of the molecule is O=C(c1cc(-c2ccc(F)cc2F)n[nH]1)N1CCN(c2ccc(C3CC3)nn2)CC1. The van der Waals surface area contributed by atoms with Crippen molar-refractivity contribution in [2.24, 2.45) is 0 Å². The lowest BCUT2D eigenvalue weighted by Gasteiger charge is -2.34. The van der Waals surface area contributed by atoms with Gasteiger partial charge in [-0.05, 0) is 43.2 Å². The molecule has 0 radical (unpaired) electrons. The van der Waals surface area contributed by atoms with E-state index in [1.54, 1.807) is 4.90 Å². The Bertz CT molecular complexity index is 1070. The van der Waals surface area contributed by atoms with E-state index in [9.17, 15) is 13.6 Å². The molecule has 1 aliphatic heterocycles. The number of rotatable bonds is 4. The van der Waals surface area contributed by atoms with Gasteiger partial charge in [0.1, 0.15) is 17.3 Å². The van der Waals surface area contributed by atoms with Gasteiger partial charge < -0.3 is 9.80 Å². The van der Waals surface area contributed by atoms with Crippen LogP contribution in [0.4, 0.5) is 14.6 Å². The Morgan fingerprint density at radius 1 is 1.00 bits per heavy atom. The maximum Gasteiger partial charge on any atom is 0.272 e. The summed E-state index contributed by atoms with van der Waals surface area (Å²) in [4.78, 5) is 16.6. The van der Waals surface area contributed by atoms with Crippen molar-refractivity contribution >= 4 is 11.7 Å². The fourth-order valence-corrected chi connectivity index (χ4v) is 3.68. The largest absolute Gasteiger partial charge is 0.352 e. The average molecular weight is 410 g/mol. The van der Waals surface area contributed by atoms with Crippen molar-refractivity contribution < 1.29 is 13.6 Å². The highest BCUT2D eigenvalue weighted by atomic mass is 19.1. The first-order valence-corrected chi connectivity index (χ1v) is 9.97. The standard InChI is InChI=1S/C21H20F2N6O/c22-14-3-4-15(16(23)11-14)18-12-19(26-25-18)21(30)29-9-7-28(8-10-29)20-6-5-17(24-27-20)13-1-2-13/h3-6,11-13H,1-2,7-10H2,(H,25,26). The third-order valence-electron chi connectivity index (χ3n) is 5.57. The van der Waals surface area contributed by atoms with Crippen LogP contribution in [-0.4, -0.2) is 57.4 Å². The summed E-state index contributed by atoms with van der Waals surface area (Å²) >= 11 is 0. The first-order chi connectivity index (χ1) is 14.6. The van der Waals surface area contributed by atoms with Gasteiger partial charge in [-0.15, -0.1) is 5.10 Å². The average Bonchev–Trinajstić information content (AvgIpc) is 3.51. The molecular formula is C21H20F2N6O. The van der Waals surface area contributed by atoms with Crippen LogP contribution >= 0.6 is 0 Å². The summed E-state index contributed by atoms with van der Waals surface area (Å²) in [5, 5.41) is 15.3. The number of nitrogens with zero attached hydrogens (tertiary/aromatic N) is 5. The van der Waals surface area contributed by atoms with Crippen molar-refractivity contribution in [1.29, 1.82) is 0 Å². The van der Waals surface area contributed by atoms with E-state index < -0.39 is 11.6 Å². The van der Waals surface area contributed by atoms with Crippen LogP contribution in [0.3, 0.4) is 0 Å². The zero-order valence-electron chi connectivity index (χ0n) is 16.2. The number of halogens is 2. The normalized spacial score (nSPS) is 16.7. The molecule has 0 bridgehead atoms. The van der Waals surface area contributed by atoms with Gasteiger partial charge in [0.15, 0.2) is 5.82 Å². The van der Waals surface area contributed by atoms with Crippen molar-refractivity contribution in [1.82, 2.24) is 25.3 Å². The molecule has 1 N–H and O–H groups in total. The first kappa shape index (κ1) is 18.7. The second-order valence-corrected chi connectivity index (χ2v) is 7.66. The quantitative estimate of drug-likeness (QED) is 0.716. The van der Waals surface area contributed by atoms with Gasteiger partial charge in [0, 0.05) is 43.7 Å². The Morgan fingerprint density at radius 2 is 1.80 bits per heavy atom. The number of nitrogens with one attached hydrogen (secondary N) is 1. The molecule has 1 amide bonds. The lowest BCUT2D eigenvalue weighted by Crippen LogP contribution is -2.49. The highest BCUT2D eigenvalue weighted by molar-refractivity contribution is 5.93. The monoisotopic (exact) mass is 410 g/mol. The second-order valence-electron chi connectivity index (χ2n) is 7.66. The van der Waals surface area contributed by atoms with Gasteiger partial charge in [0.2, 0.25) is 0 Å². The zero-order chi connectivity index (χ0) is 20.7. The van der Waals surface area contributed by atoms with Crippen LogP contribution in [0.1, 0.15) is 34.9 Å². The third-order valence-corrected chi connectivity index (χ3v) is 5.57. The minimum Gasteiger partial charge on any atom is -0.352 e. The van der Waals surface area contributed by atoms with Gasteiger partial charge in [-0.25, -0.2) is 8.78 Å². The molecule has 5 rings (SSSR count). The fourth-order valence-electron chi connectivity index (χ4n) is 3.68. The minimum atomic E-state index is -0.720. The highest BCUT2D eigenvalue weighted by Gasteiger charge is 2.27. The lowest BCUT2D eigenvalue weighted by molar-refractivity contribution is 0.0740. The molecule has 1 saturated carbocycles. The maximum absolute atomic E-state index is 14.0. The maximum atomic E-state index is 14.0. The number of aromatic nitrogens is 4. The number of hydrogen-bond acceptors (Lipinski definition) is 5. The smallest absolute Gasteiger partial charge is 0.272 e. The van der Waals surface area contributed by atoms with Crippen molar-refractivity contribution in [3.63, 3.8) is 0 Å². The molecule has 3 heterocycles. The predicted octanol–water partition coefficient (Wildman–Crippen LogP) is 2.98. The summed E-state index contributed by atoms with van der Waals surface area (Å²) in [6.45, 7) is 2.36. The summed E-state index contributed by atoms with van der Waals surface area (Å²) in [7, 11) is 0. The zero-order valence-corrected chi connectivity index (χ0v) is 16.2. The van der Waals surface area contributed by atoms with Crippen molar-refractivity contribution in [2.45, 2.75) is 18.8 Å². The highest BCUT2D eigenvalue weighted by Crippen LogP contribution is 2.38. The summed E-state index contributed by atoms with van der Waals surface area (Å²) < 4.78 is 27.1. The van der Waals surface area contributed by atoms with E-state index in [-0.39, 0.29) is 22.9 Å². The molecule has 2 fully saturated rings.